The number of nitrogens with zero attached hydrogens (tertiary/aromatic N) is 1. The summed E-state index contributed by atoms with van der Waals surface area (Å²) in [6.45, 7) is 11.6. The second-order valence-electron chi connectivity index (χ2n) is 9.00. The van der Waals surface area contributed by atoms with Gasteiger partial charge in [0, 0.05) is 5.57 Å². The van der Waals surface area contributed by atoms with E-state index in [1.807, 2.05) is 13.8 Å². The van der Waals surface area contributed by atoms with E-state index in [2.05, 4.69) is 13.8 Å². The van der Waals surface area contributed by atoms with E-state index in [1.165, 1.54) is 21.9 Å². The van der Waals surface area contributed by atoms with E-state index in [-0.39, 0.29) is 11.3 Å². The zero-order chi connectivity index (χ0) is 24.8. The molecule has 0 bridgehead atoms. The van der Waals surface area contributed by atoms with Crippen molar-refractivity contribution in [1.82, 2.24) is 4.90 Å². The molecule has 7 nitrogen and oxygen atoms in total. The molecule has 0 aliphatic carbocycles. The van der Waals surface area contributed by atoms with Crippen molar-refractivity contribution in [2.75, 3.05) is 32.8 Å². The van der Waals surface area contributed by atoms with Crippen LogP contribution in [0.15, 0.2) is 54.1 Å². The van der Waals surface area contributed by atoms with Crippen LogP contribution in [-0.2, 0) is 9.59 Å². The first kappa shape index (κ1) is 25.3. The highest BCUT2D eigenvalue weighted by molar-refractivity contribution is 6.46. The van der Waals surface area contributed by atoms with Crippen molar-refractivity contribution in [3.8, 4) is 11.5 Å². The van der Waals surface area contributed by atoms with Gasteiger partial charge in [-0.3, -0.25) is 9.59 Å². The van der Waals surface area contributed by atoms with Crippen molar-refractivity contribution in [3.63, 3.8) is 0 Å². The van der Waals surface area contributed by atoms with Gasteiger partial charge in [0.25, 0.3) is 5.91 Å². The number of phenols is 1. The van der Waals surface area contributed by atoms with Crippen molar-refractivity contribution in [2.24, 2.45) is 5.92 Å². The molecule has 1 aliphatic rings. The maximum absolute atomic E-state index is 13.5. The Hall–Kier alpha value is -3.32. The molecule has 1 aliphatic heterocycles. The van der Waals surface area contributed by atoms with Crippen molar-refractivity contribution in [1.29, 1.82) is 0 Å². The standard InChI is InChI=1S/C27H34N2O5/c1-5-28(6-2)15-16-29-24(19-7-11-21(30)12-8-19)23(26(32)27(29)33)25(31)20-9-13-22(14-10-20)34-17-18(3)4/h7-14,18,24,30-31H,5-6,15-17H2,1-4H3/b25-23+. The van der Waals surface area contributed by atoms with Gasteiger partial charge in [-0.25, -0.2) is 0 Å². The number of amides is 1. The second-order valence-corrected chi connectivity index (χ2v) is 9.00. The SMILES string of the molecule is CC[NH+](CC)CCN1C(=O)C(=O)/C(=C(/[O-])c2ccc(OCC(C)C)cc2)C1c1ccc(O)cc1. The highest BCUT2D eigenvalue weighted by atomic mass is 16.5. The molecule has 1 fully saturated rings. The van der Waals surface area contributed by atoms with Gasteiger partial charge in [0.05, 0.1) is 38.8 Å². The average molecular weight is 467 g/mol. The first-order valence-electron chi connectivity index (χ1n) is 11.9. The molecule has 1 atom stereocenters. The van der Waals surface area contributed by atoms with Crippen LogP contribution in [0.1, 0.15) is 44.9 Å². The van der Waals surface area contributed by atoms with Crippen LogP contribution in [-0.4, -0.2) is 54.5 Å². The Labute approximate surface area is 201 Å². The quantitative estimate of drug-likeness (QED) is 0.315. The molecule has 2 N–H and O–H groups in total. The predicted molar refractivity (Wildman–Crippen MR) is 128 cm³/mol. The van der Waals surface area contributed by atoms with Crippen LogP contribution >= 0.6 is 0 Å². The summed E-state index contributed by atoms with van der Waals surface area (Å²) in [5.41, 5.74) is 0.890. The summed E-state index contributed by atoms with van der Waals surface area (Å²) >= 11 is 0. The average Bonchev–Trinajstić information content (AvgIpc) is 3.08. The third-order valence-electron chi connectivity index (χ3n) is 6.14. The fraction of sp³-hybridized carbons (Fsp3) is 0.407. The van der Waals surface area contributed by atoms with Crippen LogP contribution in [0, 0.1) is 5.92 Å². The van der Waals surface area contributed by atoms with Crippen LogP contribution in [0.2, 0.25) is 0 Å². The summed E-state index contributed by atoms with van der Waals surface area (Å²) in [4.78, 5) is 28.9. The molecular formula is C27H34N2O5. The summed E-state index contributed by atoms with van der Waals surface area (Å²) < 4.78 is 5.69. The fourth-order valence-corrected chi connectivity index (χ4v) is 4.11. The van der Waals surface area contributed by atoms with Gasteiger partial charge >= 0.3 is 0 Å². The zero-order valence-electron chi connectivity index (χ0n) is 20.3. The normalized spacial score (nSPS) is 17.7. The van der Waals surface area contributed by atoms with Gasteiger partial charge in [-0.05, 0) is 55.2 Å². The van der Waals surface area contributed by atoms with Crippen LogP contribution in [0.25, 0.3) is 5.76 Å². The minimum Gasteiger partial charge on any atom is -0.872 e. The van der Waals surface area contributed by atoms with E-state index < -0.39 is 23.5 Å². The highest BCUT2D eigenvalue weighted by Crippen LogP contribution is 2.38. The Balaban J connectivity index is 2.00. The van der Waals surface area contributed by atoms with E-state index in [0.717, 1.165) is 13.1 Å². The Kier molecular flexibility index (Phi) is 8.34. The van der Waals surface area contributed by atoms with Gasteiger partial charge in [-0.15, -0.1) is 0 Å². The number of hydrogen-bond acceptors (Lipinski definition) is 5. The van der Waals surface area contributed by atoms with Crippen molar-refractivity contribution in [2.45, 2.75) is 33.7 Å². The maximum Gasteiger partial charge on any atom is 0.295 e. The Bertz CT molecular complexity index is 1020. The van der Waals surface area contributed by atoms with Crippen LogP contribution in [0.4, 0.5) is 0 Å². The summed E-state index contributed by atoms with van der Waals surface area (Å²) in [6.07, 6.45) is 0. The zero-order valence-corrected chi connectivity index (χ0v) is 20.3. The molecule has 7 heteroatoms. The van der Waals surface area contributed by atoms with E-state index in [4.69, 9.17) is 4.74 Å². The molecule has 3 rings (SSSR count). The van der Waals surface area contributed by atoms with Gasteiger partial charge in [-0.1, -0.05) is 43.9 Å². The third-order valence-corrected chi connectivity index (χ3v) is 6.14. The number of quaternary nitrogens is 1. The molecule has 2 aromatic carbocycles. The number of likely N-dealkylation sites (N-methyl/N-ethyl adjacent to an activating group) is 1. The molecule has 1 heterocycles. The Morgan fingerprint density at radius 3 is 2.24 bits per heavy atom. The van der Waals surface area contributed by atoms with E-state index in [1.54, 1.807) is 36.4 Å². The van der Waals surface area contributed by atoms with Gasteiger partial charge in [0.1, 0.15) is 11.5 Å². The van der Waals surface area contributed by atoms with Crippen LogP contribution < -0.4 is 14.7 Å². The lowest BCUT2D eigenvalue weighted by Gasteiger charge is -2.28. The number of nitrogens with one attached hydrogen (secondary N) is 1. The molecule has 1 saturated heterocycles. The summed E-state index contributed by atoms with van der Waals surface area (Å²) in [5, 5.41) is 23.2. The van der Waals surface area contributed by atoms with Gasteiger partial charge in [-0.2, -0.15) is 0 Å². The second kappa shape index (κ2) is 11.2. The number of likely N-dealkylation sites (tertiary alicyclic amines) is 1. The van der Waals surface area contributed by atoms with Crippen LogP contribution in [0.3, 0.4) is 0 Å². The minimum absolute atomic E-state index is 0.0546. The molecule has 1 unspecified atom stereocenters. The summed E-state index contributed by atoms with van der Waals surface area (Å²) in [5.74, 6) is -0.812. The lowest BCUT2D eigenvalue weighted by atomic mass is 9.95. The fourth-order valence-electron chi connectivity index (χ4n) is 4.11. The lowest BCUT2D eigenvalue weighted by Crippen LogP contribution is -3.12. The number of rotatable bonds is 10. The molecule has 0 aromatic heterocycles. The summed E-state index contributed by atoms with van der Waals surface area (Å²) in [7, 11) is 0. The molecule has 1 amide bonds. The third kappa shape index (κ3) is 5.59. The Morgan fingerprint density at radius 2 is 1.68 bits per heavy atom. The molecule has 182 valence electrons. The molecule has 2 aromatic rings. The van der Waals surface area contributed by atoms with Crippen molar-refractivity contribution < 1.29 is 29.4 Å². The van der Waals surface area contributed by atoms with Gasteiger partial charge in [0.15, 0.2) is 0 Å². The first-order chi connectivity index (χ1) is 16.3. The number of ketones is 1. The van der Waals surface area contributed by atoms with E-state index >= 15 is 0 Å². The van der Waals surface area contributed by atoms with E-state index in [9.17, 15) is 19.8 Å². The maximum atomic E-state index is 13.5. The van der Waals surface area contributed by atoms with Crippen LogP contribution in [0.5, 0.6) is 11.5 Å². The smallest absolute Gasteiger partial charge is 0.295 e. The molecule has 0 spiro atoms. The Morgan fingerprint density at radius 1 is 1.06 bits per heavy atom. The minimum atomic E-state index is -0.792. The number of Topliss-reactive ketones (excluding diaryl/α,β-unsaturated/α-hetero) is 1. The topological polar surface area (TPSA) is 94.3 Å². The number of ether oxygens (including phenoxy) is 1. The number of hydrogen-bond donors (Lipinski definition) is 2. The molecule has 34 heavy (non-hydrogen) atoms. The molecular weight excluding hydrogens is 432 g/mol. The van der Waals surface area contributed by atoms with E-state index in [0.29, 0.717) is 42.5 Å². The van der Waals surface area contributed by atoms with Gasteiger partial charge < -0.3 is 24.7 Å². The predicted octanol–water partition coefficient (Wildman–Crippen LogP) is 1.58. The molecule has 0 radical (unpaired) electrons. The monoisotopic (exact) mass is 466 g/mol. The number of carbonyl (C=O) groups excluding carboxylic acids is 2. The number of phenolic OH excluding ortho intramolecular Hbond substituents is 1. The largest absolute Gasteiger partial charge is 0.872 e. The number of carbonyl (C=O) groups is 2. The number of aromatic hydroxyl groups is 1. The van der Waals surface area contributed by atoms with Crippen molar-refractivity contribution in [3.05, 3.63) is 65.2 Å². The lowest BCUT2D eigenvalue weighted by molar-refractivity contribution is -0.895. The first-order valence-corrected chi connectivity index (χ1v) is 11.9. The molecule has 0 saturated carbocycles. The summed E-state index contributed by atoms with van der Waals surface area (Å²) in [6, 6.07) is 12.2. The number of benzene rings is 2. The van der Waals surface area contributed by atoms with Crippen molar-refractivity contribution >= 4 is 17.4 Å². The van der Waals surface area contributed by atoms with Gasteiger partial charge in [0.2, 0.25) is 5.78 Å². The highest BCUT2D eigenvalue weighted by Gasteiger charge is 2.44.